The molecule has 294 valence electrons. The van der Waals surface area contributed by atoms with Gasteiger partial charge >= 0.3 is 5.97 Å². The summed E-state index contributed by atoms with van der Waals surface area (Å²) in [7, 11) is 2.24. The molecule has 0 amide bonds. The molecular formula is C37H70O12Si. The van der Waals surface area contributed by atoms with Crippen LogP contribution in [0.1, 0.15) is 101 Å². The molecule has 50 heavy (non-hydrogen) atoms. The van der Waals surface area contributed by atoms with Crippen LogP contribution in [0.3, 0.4) is 0 Å². The largest absolute Gasteiger partial charge is 0.456 e. The first-order valence-corrected chi connectivity index (χ1v) is 20.5. The second-order valence-corrected chi connectivity index (χ2v) is 21.3. The Bertz CT molecular complexity index is 1050. The van der Waals surface area contributed by atoms with Crippen LogP contribution in [0, 0.1) is 11.3 Å². The Labute approximate surface area is 302 Å². The summed E-state index contributed by atoms with van der Waals surface area (Å²) < 4.78 is 41.9. The molecule has 2 saturated heterocycles. The first-order chi connectivity index (χ1) is 23.3. The lowest BCUT2D eigenvalue weighted by molar-refractivity contribution is -0.378. The third-order valence-corrected chi connectivity index (χ3v) is 17.5. The molecule has 0 aromatic carbocycles. The summed E-state index contributed by atoms with van der Waals surface area (Å²) in [5.41, 5.74) is 0.652. The fraction of sp³-hybridized carbons (Fsp3) is 0.919. The van der Waals surface area contributed by atoms with E-state index in [-0.39, 0.29) is 38.4 Å². The van der Waals surface area contributed by atoms with Crippen molar-refractivity contribution in [3.8, 4) is 0 Å². The molecule has 0 spiro atoms. The van der Waals surface area contributed by atoms with Crippen molar-refractivity contribution < 1.29 is 58.1 Å². The standard InChI is InChI=1S/C37H70O12Si/c1-14-26(20-47-50(22(2)3,23(4)5)24(6)7)15-25(8)30-17-27(44-12)19-32(39)36(9,10)37(42)34(40)29(38)16-28(49-37)18-31(45-13)33(35(41)48-30)46-21-43-11/h15,22-24,26-34,38-40,42H,14,16-21H2,1-13H3/b25-15-/t26-,27-,28-,29-,30+,31-,32+,33+,34-,37+/m1/s1. The molecule has 2 heterocycles. The molecule has 2 aliphatic rings. The van der Waals surface area contributed by atoms with Gasteiger partial charge in [0.2, 0.25) is 5.79 Å². The van der Waals surface area contributed by atoms with E-state index >= 15 is 0 Å². The number of ether oxygens (including phenoxy) is 6. The number of cyclic esters (lactones) is 1. The molecule has 0 unspecified atom stereocenters. The fourth-order valence-corrected chi connectivity index (χ4v) is 13.6. The van der Waals surface area contributed by atoms with Gasteiger partial charge in [0, 0.05) is 59.0 Å². The van der Waals surface area contributed by atoms with E-state index in [0.29, 0.717) is 23.2 Å². The van der Waals surface area contributed by atoms with Gasteiger partial charge in [-0.2, -0.15) is 0 Å². The van der Waals surface area contributed by atoms with Crippen molar-refractivity contribution >= 4 is 14.3 Å². The summed E-state index contributed by atoms with van der Waals surface area (Å²) in [6.07, 6.45) is -5.74. The molecule has 0 aromatic rings. The summed E-state index contributed by atoms with van der Waals surface area (Å²) in [6, 6.07) is 0. The summed E-state index contributed by atoms with van der Waals surface area (Å²) in [5, 5.41) is 45.4. The molecule has 2 aliphatic heterocycles. The van der Waals surface area contributed by atoms with Crippen molar-refractivity contribution in [3.05, 3.63) is 11.6 Å². The molecule has 13 heteroatoms. The molecule has 0 aliphatic carbocycles. The molecule has 4 N–H and O–H groups in total. The number of carbonyl (C=O) groups excluding carboxylic acids is 1. The maximum Gasteiger partial charge on any atom is 0.338 e. The minimum atomic E-state index is -2.34. The van der Waals surface area contributed by atoms with Crippen LogP contribution < -0.4 is 0 Å². The van der Waals surface area contributed by atoms with E-state index in [4.69, 9.17) is 32.8 Å². The van der Waals surface area contributed by atoms with Gasteiger partial charge in [-0.1, -0.05) is 68.4 Å². The average Bonchev–Trinajstić information content (AvgIpc) is 3.04. The zero-order valence-electron chi connectivity index (χ0n) is 33.0. The number of methoxy groups -OCH3 is 3. The highest BCUT2D eigenvalue weighted by molar-refractivity contribution is 6.77. The predicted molar refractivity (Wildman–Crippen MR) is 193 cm³/mol. The molecule has 0 radical (unpaired) electrons. The molecular weight excluding hydrogens is 664 g/mol. The van der Waals surface area contributed by atoms with E-state index in [2.05, 4.69) is 54.5 Å². The van der Waals surface area contributed by atoms with Crippen LogP contribution in [0.4, 0.5) is 0 Å². The van der Waals surface area contributed by atoms with Gasteiger partial charge in [0.1, 0.15) is 19.0 Å². The van der Waals surface area contributed by atoms with Gasteiger partial charge in [-0.15, -0.1) is 0 Å². The van der Waals surface area contributed by atoms with E-state index in [0.717, 1.165) is 12.0 Å². The smallest absolute Gasteiger partial charge is 0.338 e. The lowest BCUT2D eigenvalue weighted by atomic mass is 9.70. The minimum absolute atomic E-state index is 0.000864. The molecule has 2 rings (SSSR count). The van der Waals surface area contributed by atoms with Crippen LogP contribution >= 0.6 is 0 Å². The minimum Gasteiger partial charge on any atom is -0.456 e. The monoisotopic (exact) mass is 734 g/mol. The Morgan fingerprint density at radius 3 is 2.06 bits per heavy atom. The van der Waals surface area contributed by atoms with Gasteiger partial charge in [0.15, 0.2) is 14.4 Å². The summed E-state index contributed by atoms with van der Waals surface area (Å²) in [6.45, 7) is 21.1. The van der Waals surface area contributed by atoms with Crippen LogP contribution in [-0.2, 0) is 37.6 Å². The summed E-state index contributed by atoms with van der Waals surface area (Å²) >= 11 is 0. The molecule has 0 aromatic heterocycles. The molecule has 2 fully saturated rings. The van der Waals surface area contributed by atoms with Crippen LogP contribution in [0.15, 0.2) is 11.6 Å². The number of hydrogen-bond donors (Lipinski definition) is 4. The topological polar surface area (TPSA) is 163 Å². The first-order valence-electron chi connectivity index (χ1n) is 18.4. The quantitative estimate of drug-likeness (QED) is 0.0832. The number of rotatable bonds is 14. The van der Waals surface area contributed by atoms with Gasteiger partial charge in [-0.3, -0.25) is 0 Å². The number of esters is 1. The summed E-state index contributed by atoms with van der Waals surface area (Å²) in [5.74, 6) is -2.98. The lowest BCUT2D eigenvalue weighted by Gasteiger charge is -2.53. The fourth-order valence-electron chi connectivity index (χ4n) is 8.14. The zero-order valence-corrected chi connectivity index (χ0v) is 34.0. The maximum atomic E-state index is 14.0. The Kier molecular flexibility index (Phi) is 17.5. The molecule has 0 saturated carbocycles. The lowest BCUT2D eigenvalue weighted by Crippen LogP contribution is -2.68. The van der Waals surface area contributed by atoms with E-state index in [1.165, 1.54) is 21.3 Å². The van der Waals surface area contributed by atoms with E-state index in [1.54, 1.807) is 13.8 Å². The maximum absolute atomic E-state index is 14.0. The zero-order chi connectivity index (χ0) is 38.2. The second kappa shape index (κ2) is 19.4. The van der Waals surface area contributed by atoms with Crippen molar-refractivity contribution in [2.24, 2.45) is 11.3 Å². The SMILES string of the molecule is CC[C@H](/C=C(/C)[C@@H]1C[C@@H](OC)C[C@H](O)C(C)(C)[C@@]2(O)O[C@H](C[C@@H](O)[C@H]2O)C[C@@H](OC)[C@H](OCOC)C(=O)O1)CO[Si](C(C)C)(C(C)C)C(C)C. The van der Waals surface area contributed by atoms with Crippen LogP contribution in [0.2, 0.25) is 16.6 Å². The Balaban J connectivity index is 2.61. The average molecular weight is 735 g/mol. The third kappa shape index (κ3) is 10.2. The van der Waals surface area contributed by atoms with Crippen molar-refractivity contribution in [3.63, 3.8) is 0 Å². The number of fused-ring (bicyclic) bond motifs is 2. The predicted octanol–water partition coefficient (Wildman–Crippen LogP) is 4.85. The number of aliphatic hydroxyl groups excluding tert-OH is 3. The van der Waals surface area contributed by atoms with Crippen molar-refractivity contribution in [2.45, 2.75) is 173 Å². The van der Waals surface area contributed by atoms with Gasteiger partial charge in [0.25, 0.3) is 0 Å². The van der Waals surface area contributed by atoms with Crippen LogP contribution in [-0.4, -0.2) is 124 Å². The van der Waals surface area contributed by atoms with E-state index in [1.807, 2.05) is 6.92 Å². The Hall–Kier alpha value is -0.973. The number of hydrogen-bond acceptors (Lipinski definition) is 12. The third-order valence-electron chi connectivity index (χ3n) is 11.4. The van der Waals surface area contributed by atoms with Crippen LogP contribution in [0.25, 0.3) is 0 Å². The molecule has 10 atom stereocenters. The van der Waals surface area contributed by atoms with Gasteiger partial charge in [-0.05, 0) is 41.5 Å². The first kappa shape index (κ1) is 45.2. The Morgan fingerprint density at radius 2 is 1.56 bits per heavy atom. The highest BCUT2D eigenvalue weighted by Gasteiger charge is 2.60. The van der Waals surface area contributed by atoms with Gasteiger partial charge in [-0.25, -0.2) is 4.79 Å². The van der Waals surface area contributed by atoms with E-state index < -0.39 is 74.3 Å². The normalized spacial score (nSPS) is 34.2. The number of aliphatic hydroxyl groups is 4. The van der Waals surface area contributed by atoms with E-state index in [9.17, 15) is 25.2 Å². The summed E-state index contributed by atoms with van der Waals surface area (Å²) in [4.78, 5) is 14.0. The van der Waals surface area contributed by atoms with Crippen LogP contribution in [0.5, 0.6) is 0 Å². The second-order valence-electron chi connectivity index (χ2n) is 15.9. The Morgan fingerprint density at radius 1 is 0.960 bits per heavy atom. The molecule has 2 bridgehead atoms. The van der Waals surface area contributed by atoms with Crippen molar-refractivity contribution in [1.29, 1.82) is 0 Å². The van der Waals surface area contributed by atoms with Gasteiger partial charge < -0.3 is 53.3 Å². The highest BCUT2D eigenvalue weighted by Crippen LogP contribution is 2.46. The highest BCUT2D eigenvalue weighted by atomic mass is 28.4. The van der Waals surface area contributed by atoms with Crippen molar-refractivity contribution in [2.75, 3.05) is 34.7 Å². The van der Waals surface area contributed by atoms with Crippen molar-refractivity contribution in [1.82, 2.24) is 0 Å². The number of carbonyl (C=O) groups is 1. The van der Waals surface area contributed by atoms with Gasteiger partial charge in [0.05, 0.1) is 30.5 Å². The molecule has 12 nitrogen and oxygen atoms in total.